The van der Waals surface area contributed by atoms with Gasteiger partial charge in [-0.05, 0) is 54.8 Å². The lowest BCUT2D eigenvalue weighted by Gasteiger charge is -2.28. The Hall–Kier alpha value is -2.48. The van der Waals surface area contributed by atoms with E-state index in [9.17, 15) is 4.79 Å². The van der Waals surface area contributed by atoms with Gasteiger partial charge in [0.05, 0.1) is 30.9 Å². The van der Waals surface area contributed by atoms with Crippen molar-refractivity contribution in [1.82, 2.24) is 9.55 Å². The average molecular weight is 497 g/mol. The zero-order chi connectivity index (χ0) is 23.3. The summed E-state index contributed by atoms with van der Waals surface area (Å²) in [4.78, 5) is 19.7. The molecule has 178 valence electrons. The molecule has 0 atom stereocenters. The number of anilines is 2. The molecular weight excluding hydrogens is 468 g/mol. The van der Waals surface area contributed by atoms with Crippen LogP contribution in [-0.2, 0) is 9.53 Å². The van der Waals surface area contributed by atoms with Gasteiger partial charge in [0.2, 0.25) is 5.91 Å². The first-order valence-corrected chi connectivity index (χ1v) is 13.2. The number of rotatable bonds is 7. The number of amides is 1. The van der Waals surface area contributed by atoms with E-state index < -0.39 is 0 Å². The van der Waals surface area contributed by atoms with Crippen LogP contribution in [0.1, 0.15) is 31.7 Å². The van der Waals surface area contributed by atoms with Crippen molar-refractivity contribution < 1.29 is 9.53 Å². The van der Waals surface area contributed by atoms with Crippen molar-refractivity contribution in [3.63, 3.8) is 0 Å². The molecule has 2 fully saturated rings. The van der Waals surface area contributed by atoms with Crippen LogP contribution in [0.5, 0.6) is 0 Å². The van der Waals surface area contributed by atoms with Gasteiger partial charge in [-0.3, -0.25) is 4.79 Å². The predicted molar refractivity (Wildman–Crippen MR) is 139 cm³/mol. The van der Waals surface area contributed by atoms with Gasteiger partial charge in [0.1, 0.15) is 0 Å². The molecule has 6 nitrogen and oxygen atoms in total. The van der Waals surface area contributed by atoms with Crippen LogP contribution in [0.3, 0.4) is 0 Å². The molecule has 34 heavy (non-hydrogen) atoms. The maximum absolute atomic E-state index is 12.7. The van der Waals surface area contributed by atoms with Gasteiger partial charge in [-0.1, -0.05) is 48.3 Å². The van der Waals surface area contributed by atoms with Crippen molar-refractivity contribution in [3.05, 3.63) is 59.8 Å². The van der Waals surface area contributed by atoms with Gasteiger partial charge in [0.15, 0.2) is 5.16 Å². The molecule has 0 spiro atoms. The van der Waals surface area contributed by atoms with Crippen molar-refractivity contribution >= 4 is 40.6 Å². The topological polar surface area (TPSA) is 59.4 Å². The fourth-order valence-electron chi connectivity index (χ4n) is 4.70. The van der Waals surface area contributed by atoms with E-state index in [-0.39, 0.29) is 5.91 Å². The molecule has 1 saturated carbocycles. The Labute approximate surface area is 209 Å². The fourth-order valence-corrected chi connectivity index (χ4v) is 5.68. The smallest absolute Gasteiger partial charge is 0.234 e. The number of imidazole rings is 1. The van der Waals surface area contributed by atoms with Crippen molar-refractivity contribution in [2.75, 3.05) is 42.3 Å². The molecule has 1 aliphatic carbocycles. The summed E-state index contributed by atoms with van der Waals surface area (Å²) in [7, 11) is 0. The Kier molecular flexibility index (Phi) is 7.42. The lowest BCUT2D eigenvalue weighted by Crippen LogP contribution is -2.36. The summed E-state index contributed by atoms with van der Waals surface area (Å²) in [6.07, 6.45) is 6.67. The number of nitrogens with zero attached hydrogens (tertiary/aromatic N) is 3. The number of carbonyl (C=O) groups is 1. The third-order valence-corrected chi connectivity index (χ3v) is 7.67. The molecule has 0 radical (unpaired) electrons. The van der Waals surface area contributed by atoms with Crippen LogP contribution >= 0.6 is 23.4 Å². The Morgan fingerprint density at radius 1 is 1.06 bits per heavy atom. The number of ether oxygens (including phenoxy) is 1. The number of aromatic nitrogens is 2. The van der Waals surface area contributed by atoms with E-state index in [2.05, 4.69) is 26.9 Å². The summed E-state index contributed by atoms with van der Waals surface area (Å²) in [6, 6.07) is 16.3. The number of morpholine rings is 1. The Morgan fingerprint density at radius 3 is 2.47 bits per heavy atom. The number of nitrogens with one attached hydrogen (secondary N) is 1. The van der Waals surface area contributed by atoms with Gasteiger partial charge in [-0.2, -0.15) is 0 Å². The minimum absolute atomic E-state index is 0.0295. The number of benzene rings is 2. The van der Waals surface area contributed by atoms with Gasteiger partial charge >= 0.3 is 0 Å². The van der Waals surface area contributed by atoms with Gasteiger partial charge in [0, 0.05) is 35.5 Å². The number of thioether (sulfide) groups is 1. The maximum atomic E-state index is 12.7. The van der Waals surface area contributed by atoms with Gasteiger partial charge in [0.25, 0.3) is 0 Å². The number of hydrogen-bond donors (Lipinski definition) is 1. The third kappa shape index (κ3) is 5.43. The first-order chi connectivity index (χ1) is 16.7. The summed E-state index contributed by atoms with van der Waals surface area (Å²) in [6.45, 7) is 3.31. The number of hydrogen-bond acceptors (Lipinski definition) is 5. The van der Waals surface area contributed by atoms with Crippen LogP contribution in [0.25, 0.3) is 11.3 Å². The van der Waals surface area contributed by atoms with Crippen LogP contribution in [0.15, 0.2) is 59.9 Å². The summed E-state index contributed by atoms with van der Waals surface area (Å²) in [5, 5.41) is 4.64. The average Bonchev–Trinajstić information content (AvgIpc) is 3.54. The molecule has 2 aromatic carbocycles. The second kappa shape index (κ2) is 10.8. The molecule has 1 aromatic heterocycles. The minimum Gasteiger partial charge on any atom is -0.378 e. The van der Waals surface area contributed by atoms with Crippen molar-refractivity contribution in [1.29, 1.82) is 0 Å². The highest BCUT2D eigenvalue weighted by molar-refractivity contribution is 7.99. The fraction of sp³-hybridized carbons (Fsp3) is 0.385. The molecule has 1 aliphatic heterocycles. The third-order valence-electron chi connectivity index (χ3n) is 6.45. The normalized spacial score (nSPS) is 16.7. The van der Waals surface area contributed by atoms with Crippen LogP contribution in [0.2, 0.25) is 5.02 Å². The molecule has 1 amide bonds. The van der Waals surface area contributed by atoms with Crippen LogP contribution in [-0.4, -0.2) is 47.5 Å². The highest BCUT2D eigenvalue weighted by atomic mass is 35.5. The quantitative estimate of drug-likeness (QED) is 0.413. The van der Waals surface area contributed by atoms with E-state index in [4.69, 9.17) is 21.3 Å². The second-order valence-electron chi connectivity index (χ2n) is 8.72. The lowest BCUT2D eigenvalue weighted by molar-refractivity contribution is -0.113. The first kappa shape index (κ1) is 23.3. The minimum atomic E-state index is -0.0295. The largest absolute Gasteiger partial charge is 0.378 e. The van der Waals surface area contributed by atoms with E-state index in [0.29, 0.717) is 11.8 Å². The number of carbonyl (C=O) groups excluding carboxylic acids is 1. The van der Waals surface area contributed by atoms with Crippen molar-refractivity contribution in [3.8, 4) is 11.3 Å². The molecule has 2 aliphatic rings. The molecule has 2 heterocycles. The summed E-state index contributed by atoms with van der Waals surface area (Å²) < 4.78 is 7.74. The molecule has 3 aromatic rings. The zero-order valence-corrected chi connectivity index (χ0v) is 20.7. The van der Waals surface area contributed by atoms with Crippen molar-refractivity contribution in [2.45, 2.75) is 36.9 Å². The summed E-state index contributed by atoms with van der Waals surface area (Å²) >= 11 is 7.59. The van der Waals surface area contributed by atoms with Gasteiger partial charge in [-0.15, -0.1) is 0 Å². The SMILES string of the molecule is O=C(CSc1ncc(-c2ccc(Cl)cc2)n1C1CCCC1)Nc1ccc(N2CCOCC2)cc1. The summed E-state index contributed by atoms with van der Waals surface area (Å²) in [5.41, 5.74) is 4.15. The Morgan fingerprint density at radius 2 is 1.76 bits per heavy atom. The van der Waals surface area contributed by atoms with Gasteiger partial charge in [-0.25, -0.2) is 4.98 Å². The van der Waals surface area contributed by atoms with Crippen LogP contribution in [0, 0.1) is 0 Å². The van der Waals surface area contributed by atoms with E-state index in [1.807, 2.05) is 42.6 Å². The second-order valence-corrected chi connectivity index (χ2v) is 10.1. The highest BCUT2D eigenvalue weighted by Gasteiger charge is 2.24. The number of halogens is 1. The zero-order valence-electron chi connectivity index (χ0n) is 19.1. The van der Waals surface area contributed by atoms with E-state index in [1.54, 1.807) is 0 Å². The standard InChI is InChI=1S/C26H29ClN4O2S/c27-20-7-5-19(6-8-20)24-17-28-26(31(24)23-3-1-2-4-23)34-18-25(32)29-21-9-11-22(12-10-21)30-13-15-33-16-14-30/h5-12,17,23H,1-4,13-16,18H2,(H,29,32). The molecule has 0 unspecified atom stereocenters. The Balaban J connectivity index is 1.24. The molecule has 5 rings (SSSR count). The summed E-state index contributed by atoms with van der Waals surface area (Å²) in [5.74, 6) is 0.285. The Bertz CT molecular complexity index is 1100. The molecular formula is C26H29ClN4O2S. The highest BCUT2D eigenvalue weighted by Crippen LogP contribution is 2.37. The molecule has 1 saturated heterocycles. The van der Waals surface area contributed by atoms with E-state index >= 15 is 0 Å². The molecule has 1 N–H and O–H groups in total. The maximum Gasteiger partial charge on any atom is 0.234 e. The van der Waals surface area contributed by atoms with Crippen LogP contribution < -0.4 is 10.2 Å². The van der Waals surface area contributed by atoms with Gasteiger partial charge < -0.3 is 19.5 Å². The first-order valence-electron chi connectivity index (χ1n) is 11.9. The van der Waals surface area contributed by atoms with E-state index in [0.717, 1.165) is 72.0 Å². The predicted octanol–water partition coefficient (Wildman–Crippen LogP) is 5.89. The lowest BCUT2D eigenvalue weighted by atomic mass is 10.1. The molecule has 8 heteroatoms. The van der Waals surface area contributed by atoms with E-state index in [1.165, 1.54) is 24.6 Å². The van der Waals surface area contributed by atoms with Crippen molar-refractivity contribution in [2.24, 2.45) is 0 Å². The molecule has 0 bridgehead atoms. The monoisotopic (exact) mass is 496 g/mol. The van der Waals surface area contributed by atoms with Crippen LogP contribution in [0.4, 0.5) is 11.4 Å².